The standard InChI is InChI=1S/C12H12N2O4S/c1-18-8-4-2-3-7(5-8)10(15)14-12-13-9(6-19-12)11(16)17/h2-6,12-13H,1H3,(H,14,15)(H,16,17). The number of nitrogens with one attached hydrogen (secondary N) is 2. The minimum atomic E-state index is -1.05. The molecular formula is C12H12N2O4S. The topological polar surface area (TPSA) is 87.7 Å². The number of carboxylic acid groups (broad SMARTS) is 1. The zero-order valence-electron chi connectivity index (χ0n) is 10.0. The maximum absolute atomic E-state index is 12.0. The first kappa shape index (κ1) is 13.3. The predicted octanol–water partition coefficient (Wildman–Crippen LogP) is 0.971. The summed E-state index contributed by atoms with van der Waals surface area (Å²) in [6.07, 6.45) is 0. The van der Waals surface area contributed by atoms with Gasteiger partial charge >= 0.3 is 5.97 Å². The van der Waals surface area contributed by atoms with Gasteiger partial charge in [0.1, 0.15) is 11.4 Å². The first-order chi connectivity index (χ1) is 9.10. The van der Waals surface area contributed by atoms with Gasteiger partial charge in [-0.3, -0.25) is 4.79 Å². The Morgan fingerprint density at radius 3 is 2.89 bits per heavy atom. The van der Waals surface area contributed by atoms with E-state index in [9.17, 15) is 9.59 Å². The van der Waals surface area contributed by atoms with Gasteiger partial charge in [0, 0.05) is 11.0 Å². The molecule has 19 heavy (non-hydrogen) atoms. The number of carboxylic acids is 1. The van der Waals surface area contributed by atoms with Gasteiger partial charge in [-0.05, 0) is 18.2 Å². The Kier molecular flexibility index (Phi) is 3.96. The lowest BCUT2D eigenvalue weighted by atomic mass is 10.2. The molecule has 0 aromatic heterocycles. The quantitative estimate of drug-likeness (QED) is 0.762. The fourth-order valence-electron chi connectivity index (χ4n) is 1.49. The molecule has 0 spiro atoms. The number of aliphatic carboxylic acids is 1. The highest BCUT2D eigenvalue weighted by Gasteiger charge is 2.22. The average Bonchev–Trinajstić information content (AvgIpc) is 2.87. The number of rotatable bonds is 4. The van der Waals surface area contributed by atoms with Crippen LogP contribution in [0.4, 0.5) is 0 Å². The smallest absolute Gasteiger partial charge is 0.352 e. The van der Waals surface area contributed by atoms with Crippen molar-refractivity contribution in [2.45, 2.75) is 5.50 Å². The van der Waals surface area contributed by atoms with Crippen LogP contribution in [-0.4, -0.2) is 29.6 Å². The molecule has 1 aliphatic heterocycles. The van der Waals surface area contributed by atoms with Crippen LogP contribution < -0.4 is 15.4 Å². The van der Waals surface area contributed by atoms with Gasteiger partial charge in [0.05, 0.1) is 7.11 Å². The van der Waals surface area contributed by atoms with Crippen LogP contribution in [0.15, 0.2) is 35.4 Å². The van der Waals surface area contributed by atoms with Crippen molar-refractivity contribution >= 4 is 23.6 Å². The third kappa shape index (κ3) is 3.19. The fourth-order valence-corrected chi connectivity index (χ4v) is 2.31. The van der Waals surface area contributed by atoms with Crippen LogP contribution in [0.1, 0.15) is 10.4 Å². The SMILES string of the molecule is COc1cccc(C(=O)NC2NC(C(=O)O)=CS2)c1. The van der Waals surface area contributed by atoms with Gasteiger partial charge in [0.25, 0.3) is 5.91 Å². The molecule has 0 saturated carbocycles. The largest absolute Gasteiger partial charge is 0.497 e. The summed E-state index contributed by atoms with van der Waals surface area (Å²) < 4.78 is 5.03. The monoisotopic (exact) mass is 280 g/mol. The summed E-state index contributed by atoms with van der Waals surface area (Å²) in [6, 6.07) is 6.72. The first-order valence-corrected chi connectivity index (χ1v) is 6.35. The Bertz CT molecular complexity index is 544. The van der Waals surface area contributed by atoms with E-state index in [-0.39, 0.29) is 11.6 Å². The molecule has 3 N–H and O–H groups in total. The highest BCUT2D eigenvalue weighted by Crippen LogP contribution is 2.19. The highest BCUT2D eigenvalue weighted by molar-refractivity contribution is 8.03. The molecule has 0 aliphatic carbocycles. The van der Waals surface area contributed by atoms with Gasteiger partial charge in [-0.15, -0.1) is 0 Å². The summed E-state index contributed by atoms with van der Waals surface area (Å²) in [6.45, 7) is 0. The van der Waals surface area contributed by atoms with Crippen LogP contribution in [-0.2, 0) is 4.79 Å². The second-order valence-corrected chi connectivity index (χ2v) is 4.68. The van der Waals surface area contributed by atoms with Crippen molar-refractivity contribution in [2.75, 3.05) is 7.11 Å². The zero-order chi connectivity index (χ0) is 13.8. The van der Waals surface area contributed by atoms with E-state index >= 15 is 0 Å². The molecule has 1 amide bonds. The summed E-state index contributed by atoms with van der Waals surface area (Å²) in [4.78, 5) is 22.7. The van der Waals surface area contributed by atoms with Gasteiger partial charge < -0.3 is 20.5 Å². The van der Waals surface area contributed by atoms with Crippen molar-refractivity contribution in [1.82, 2.24) is 10.6 Å². The van der Waals surface area contributed by atoms with E-state index in [4.69, 9.17) is 9.84 Å². The predicted molar refractivity (Wildman–Crippen MR) is 70.7 cm³/mol. The highest BCUT2D eigenvalue weighted by atomic mass is 32.2. The number of hydrogen-bond donors (Lipinski definition) is 3. The van der Waals surface area contributed by atoms with Crippen LogP contribution in [0.25, 0.3) is 0 Å². The van der Waals surface area contributed by atoms with E-state index in [1.54, 1.807) is 24.3 Å². The number of amides is 1. The summed E-state index contributed by atoms with van der Waals surface area (Å²) in [5.41, 5.74) is 0.0382. The zero-order valence-corrected chi connectivity index (χ0v) is 10.9. The molecule has 0 fully saturated rings. The van der Waals surface area contributed by atoms with Crippen molar-refractivity contribution < 1.29 is 19.4 Å². The van der Waals surface area contributed by atoms with Crippen molar-refractivity contribution in [3.8, 4) is 5.75 Å². The summed E-state index contributed by atoms with van der Waals surface area (Å²) >= 11 is 1.19. The molecular weight excluding hydrogens is 268 g/mol. The number of thioether (sulfide) groups is 1. The molecule has 0 saturated heterocycles. The second kappa shape index (κ2) is 5.66. The molecule has 100 valence electrons. The van der Waals surface area contributed by atoms with Crippen molar-refractivity contribution in [2.24, 2.45) is 0 Å². The normalized spacial score (nSPS) is 17.3. The molecule has 1 atom stereocenters. The Morgan fingerprint density at radius 1 is 1.47 bits per heavy atom. The molecule has 1 heterocycles. The Balaban J connectivity index is 1.97. The third-order valence-electron chi connectivity index (χ3n) is 2.43. The van der Waals surface area contributed by atoms with Crippen molar-refractivity contribution in [3.05, 3.63) is 40.9 Å². The Hall–Kier alpha value is -2.15. The van der Waals surface area contributed by atoms with Gasteiger partial charge in [0.15, 0.2) is 5.50 Å². The number of hydrogen-bond acceptors (Lipinski definition) is 5. The number of carbonyl (C=O) groups is 2. The molecule has 0 bridgehead atoms. The van der Waals surface area contributed by atoms with E-state index in [1.165, 1.54) is 24.3 Å². The lowest BCUT2D eigenvalue weighted by Crippen LogP contribution is -2.40. The van der Waals surface area contributed by atoms with Crippen LogP contribution in [0.5, 0.6) is 5.75 Å². The molecule has 0 radical (unpaired) electrons. The molecule has 1 unspecified atom stereocenters. The lowest BCUT2D eigenvalue weighted by Gasteiger charge is -2.13. The van der Waals surface area contributed by atoms with E-state index in [1.807, 2.05) is 0 Å². The number of carbonyl (C=O) groups excluding carboxylic acids is 1. The minimum Gasteiger partial charge on any atom is -0.497 e. The van der Waals surface area contributed by atoms with E-state index in [0.29, 0.717) is 11.3 Å². The molecule has 2 rings (SSSR count). The third-order valence-corrected chi connectivity index (χ3v) is 3.31. The van der Waals surface area contributed by atoms with E-state index in [0.717, 1.165) is 0 Å². The van der Waals surface area contributed by atoms with Gasteiger partial charge in [-0.25, -0.2) is 4.79 Å². The van der Waals surface area contributed by atoms with Crippen LogP contribution >= 0.6 is 11.8 Å². The Morgan fingerprint density at radius 2 is 2.26 bits per heavy atom. The summed E-state index contributed by atoms with van der Waals surface area (Å²) in [5.74, 6) is -0.765. The van der Waals surface area contributed by atoms with E-state index in [2.05, 4.69) is 10.6 Å². The number of benzene rings is 1. The summed E-state index contributed by atoms with van der Waals surface area (Å²) in [7, 11) is 1.52. The number of ether oxygens (including phenoxy) is 1. The average molecular weight is 280 g/mol. The molecule has 1 aliphatic rings. The van der Waals surface area contributed by atoms with Crippen molar-refractivity contribution in [1.29, 1.82) is 0 Å². The molecule has 7 heteroatoms. The Labute approximate surface area is 113 Å². The van der Waals surface area contributed by atoms with Crippen LogP contribution in [0.2, 0.25) is 0 Å². The molecule has 1 aromatic carbocycles. The maximum atomic E-state index is 12.0. The maximum Gasteiger partial charge on any atom is 0.352 e. The summed E-state index contributed by atoms with van der Waals surface area (Å²) in [5, 5.41) is 15.6. The number of methoxy groups -OCH3 is 1. The second-order valence-electron chi connectivity index (χ2n) is 3.70. The minimum absolute atomic E-state index is 0.0703. The van der Waals surface area contributed by atoms with E-state index < -0.39 is 11.5 Å². The molecule has 1 aromatic rings. The first-order valence-electron chi connectivity index (χ1n) is 5.40. The molecule has 6 nitrogen and oxygen atoms in total. The van der Waals surface area contributed by atoms with Gasteiger partial charge in [-0.2, -0.15) is 0 Å². The lowest BCUT2D eigenvalue weighted by molar-refractivity contribution is -0.133. The van der Waals surface area contributed by atoms with Crippen molar-refractivity contribution in [3.63, 3.8) is 0 Å². The van der Waals surface area contributed by atoms with Gasteiger partial charge in [-0.1, -0.05) is 17.8 Å². The fraction of sp³-hybridized carbons (Fsp3) is 0.167. The van der Waals surface area contributed by atoms with Crippen LogP contribution in [0, 0.1) is 0 Å². The van der Waals surface area contributed by atoms with Gasteiger partial charge in [0.2, 0.25) is 0 Å². The van der Waals surface area contributed by atoms with Crippen LogP contribution in [0.3, 0.4) is 0 Å².